The Kier molecular flexibility index (Phi) is 3.34. The first kappa shape index (κ1) is 11.7. The minimum atomic E-state index is -0.226. The molecule has 0 spiro atoms. The zero-order valence-electron chi connectivity index (χ0n) is 10.3. The topological polar surface area (TPSA) is 63.5 Å². The lowest BCUT2D eigenvalue weighted by Crippen LogP contribution is -2.52. The van der Waals surface area contributed by atoms with E-state index in [0.29, 0.717) is 13.2 Å². The molecule has 1 aliphatic heterocycles. The van der Waals surface area contributed by atoms with Crippen LogP contribution in [0.5, 0.6) is 0 Å². The Hall–Kier alpha value is -1.33. The van der Waals surface area contributed by atoms with Gasteiger partial charge in [0.1, 0.15) is 11.8 Å². The maximum absolute atomic E-state index is 12.1. The minimum Gasteiger partial charge on any atom is -0.469 e. The second kappa shape index (κ2) is 5.12. The average Bonchev–Trinajstić information content (AvgIpc) is 2.89. The molecule has 98 valence electrons. The van der Waals surface area contributed by atoms with Crippen molar-refractivity contribution in [1.82, 2.24) is 10.6 Å². The van der Waals surface area contributed by atoms with Crippen LogP contribution in [0.3, 0.4) is 0 Å². The van der Waals surface area contributed by atoms with Crippen LogP contribution < -0.4 is 10.6 Å². The van der Waals surface area contributed by atoms with Crippen molar-refractivity contribution in [3.63, 3.8) is 0 Å². The third-order valence-corrected chi connectivity index (χ3v) is 3.61. The first-order chi connectivity index (χ1) is 8.84. The van der Waals surface area contributed by atoms with Gasteiger partial charge in [-0.2, -0.15) is 0 Å². The Labute approximate surface area is 106 Å². The number of aryl methyl sites for hydroxylation is 1. The van der Waals surface area contributed by atoms with Gasteiger partial charge in [-0.1, -0.05) is 0 Å². The predicted molar refractivity (Wildman–Crippen MR) is 65.1 cm³/mol. The maximum atomic E-state index is 12.1. The fourth-order valence-electron chi connectivity index (χ4n) is 2.64. The Morgan fingerprint density at radius 3 is 3.28 bits per heavy atom. The molecule has 1 fully saturated rings. The molecule has 2 heterocycles. The van der Waals surface area contributed by atoms with Gasteiger partial charge in [0.05, 0.1) is 25.5 Å². The number of nitrogens with one attached hydrogen (secondary N) is 2. The quantitative estimate of drug-likeness (QED) is 0.813. The van der Waals surface area contributed by atoms with E-state index in [4.69, 9.17) is 9.15 Å². The van der Waals surface area contributed by atoms with Crippen LogP contribution in [0.15, 0.2) is 16.7 Å². The number of ether oxygens (including phenoxy) is 1. The molecule has 0 aromatic carbocycles. The summed E-state index contributed by atoms with van der Waals surface area (Å²) in [5, 5.41) is 6.26. The summed E-state index contributed by atoms with van der Waals surface area (Å²) >= 11 is 0. The number of carbonyl (C=O) groups excluding carboxylic acids is 1. The first-order valence-electron chi connectivity index (χ1n) is 6.52. The zero-order valence-corrected chi connectivity index (χ0v) is 10.3. The van der Waals surface area contributed by atoms with E-state index in [1.54, 1.807) is 6.26 Å². The smallest absolute Gasteiger partial charge is 0.240 e. The Balaban J connectivity index is 1.65. The number of hydrogen-bond donors (Lipinski definition) is 2. The van der Waals surface area contributed by atoms with Gasteiger partial charge in [-0.05, 0) is 18.9 Å². The van der Waals surface area contributed by atoms with Crippen LogP contribution in [0.4, 0.5) is 0 Å². The fourth-order valence-corrected chi connectivity index (χ4v) is 2.64. The van der Waals surface area contributed by atoms with Crippen molar-refractivity contribution in [2.45, 2.75) is 31.3 Å². The van der Waals surface area contributed by atoms with Crippen LogP contribution in [0.25, 0.3) is 0 Å². The van der Waals surface area contributed by atoms with Crippen LogP contribution in [0.1, 0.15) is 30.2 Å². The van der Waals surface area contributed by atoms with Gasteiger partial charge in [-0.3, -0.25) is 4.79 Å². The van der Waals surface area contributed by atoms with E-state index in [1.807, 2.05) is 6.07 Å². The highest BCUT2D eigenvalue weighted by atomic mass is 16.5. The molecule has 2 N–H and O–H groups in total. The summed E-state index contributed by atoms with van der Waals surface area (Å²) in [5.74, 6) is 1.04. The number of carbonyl (C=O) groups is 1. The highest BCUT2D eigenvalue weighted by molar-refractivity contribution is 5.82. The number of furan rings is 1. The molecule has 2 unspecified atom stereocenters. The molecular weight excluding hydrogens is 232 g/mol. The van der Waals surface area contributed by atoms with Crippen molar-refractivity contribution in [3.8, 4) is 0 Å². The highest BCUT2D eigenvalue weighted by Gasteiger charge is 2.27. The molecule has 1 aliphatic carbocycles. The summed E-state index contributed by atoms with van der Waals surface area (Å²) in [6, 6.07) is 1.82. The number of hydrogen-bond acceptors (Lipinski definition) is 4. The molecule has 0 radical (unpaired) electrons. The van der Waals surface area contributed by atoms with Gasteiger partial charge in [0, 0.05) is 18.5 Å². The van der Waals surface area contributed by atoms with E-state index < -0.39 is 0 Å². The summed E-state index contributed by atoms with van der Waals surface area (Å²) in [5.41, 5.74) is 1.13. The van der Waals surface area contributed by atoms with Crippen LogP contribution in [0, 0.1) is 0 Å². The standard InChI is InChI=1S/C13H18N2O3/c16-13(11-8-17-7-5-14-11)15-10-2-1-3-12-9(10)4-6-18-12/h4,6,10-11,14H,1-3,5,7-8H2,(H,15,16). The largest absolute Gasteiger partial charge is 0.469 e. The van der Waals surface area contributed by atoms with Gasteiger partial charge in [0.2, 0.25) is 5.91 Å². The summed E-state index contributed by atoms with van der Waals surface area (Å²) in [6.07, 6.45) is 4.71. The third-order valence-electron chi connectivity index (χ3n) is 3.61. The normalized spacial score (nSPS) is 27.6. The zero-order chi connectivity index (χ0) is 12.4. The fraction of sp³-hybridized carbons (Fsp3) is 0.615. The summed E-state index contributed by atoms with van der Waals surface area (Å²) in [7, 11) is 0. The Morgan fingerprint density at radius 2 is 2.44 bits per heavy atom. The molecule has 0 saturated carbocycles. The van der Waals surface area contributed by atoms with Crippen molar-refractivity contribution in [1.29, 1.82) is 0 Å². The van der Waals surface area contributed by atoms with Gasteiger partial charge in [-0.25, -0.2) is 0 Å². The van der Waals surface area contributed by atoms with E-state index in [2.05, 4.69) is 10.6 Å². The minimum absolute atomic E-state index is 0.0220. The lowest BCUT2D eigenvalue weighted by molar-refractivity contribution is -0.126. The van der Waals surface area contributed by atoms with Crippen molar-refractivity contribution < 1.29 is 13.9 Å². The Bertz CT molecular complexity index is 424. The molecule has 1 aromatic heterocycles. The number of amides is 1. The molecule has 1 amide bonds. The van der Waals surface area contributed by atoms with Gasteiger partial charge < -0.3 is 19.8 Å². The van der Waals surface area contributed by atoms with E-state index >= 15 is 0 Å². The first-order valence-corrected chi connectivity index (χ1v) is 6.52. The highest BCUT2D eigenvalue weighted by Crippen LogP contribution is 2.30. The monoisotopic (exact) mass is 250 g/mol. The Morgan fingerprint density at radius 1 is 1.50 bits per heavy atom. The predicted octanol–water partition coefficient (Wildman–Crippen LogP) is 0.762. The summed E-state index contributed by atoms with van der Waals surface area (Å²) in [4.78, 5) is 12.1. The molecule has 2 atom stereocenters. The van der Waals surface area contributed by atoms with Crippen molar-refractivity contribution in [3.05, 3.63) is 23.7 Å². The van der Waals surface area contributed by atoms with E-state index in [-0.39, 0.29) is 18.0 Å². The molecule has 3 rings (SSSR count). The second-order valence-electron chi connectivity index (χ2n) is 4.83. The van der Waals surface area contributed by atoms with Crippen LogP contribution >= 0.6 is 0 Å². The van der Waals surface area contributed by atoms with Crippen LogP contribution in [-0.2, 0) is 16.0 Å². The molecule has 18 heavy (non-hydrogen) atoms. The molecular formula is C13H18N2O3. The number of rotatable bonds is 2. The molecule has 1 aromatic rings. The number of morpholine rings is 1. The number of fused-ring (bicyclic) bond motifs is 1. The van der Waals surface area contributed by atoms with Crippen LogP contribution in [-0.4, -0.2) is 31.7 Å². The maximum Gasteiger partial charge on any atom is 0.240 e. The molecule has 5 nitrogen and oxygen atoms in total. The van der Waals surface area contributed by atoms with E-state index in [1.165, 1.54) is 0 Å². The molecule has 1 saturated heterocycles. The summed E-state index contributed by atoms with van der Waals surface area (Å²) in [6.45, 7) is 1.87. The lowest BCUT2D eigenvalue weighted by Gasteiger charge is -2.27. The van der Waals surface area contributed by atoms with Crippen molar-refractivity contribution >= 4 is 5.91 Å². The van der Waals surface area contributed by atoms with Gasteiger partial charge in [0.25, 0.3) is 0 Å². The SMILES string of the molecule is O=C(NC1CCCc2occc21)C1COCCN1. The molecule has 0 bridgehead atoms. The van der Waals surface area contributed by atoms with Crippen molar-refractivity contribution in [2.24, 2.45) is 0 Å². The molecule has 5 heteroatoms. The average molecular weight is 250 g/mol. The van der Waals surface area contributed by atoms with Crippen LogP contribution in [0.2, 0.25) is 0 Å². The summed E-state index contributed by atoms with van der Waals surface area (Å²) < 4.78 is 10.7. The second-order valence-corrected chi connectivity index (χ2v) is 4.83. The van der Waals surface area contributed by atoms with Gasteiger partial charge >= 0.3 is 0 Å². The van der Waals surface area contributed by atoms with Gasteiger partial charge in [0.15, 0.2) is 0 Å². The third kappa shape index (κ3) is 2.28. The van der Waals surface area contributed by atoms with E-state index in [0.717, 1.165) is 37.1 Å². The lowest BCUT2D eigenvalue weighted by atomic mass is 9.93. The van der Waals surface area contributed by atoms with Gasteiger partial charge in [-0.15, -0.1) is 0 Å². The van der Waals surface area contributed by atoms with Crippen molar-refractivity contribution in [2.75, 3.05) is 19.8 Å². The van der Waals surface area contributed by atoms with E-state index in [9.17, 15) is 4.79 Å². The molecule has 2 aliphatic rings.